The maximum absolute atomic E-state index is 12.7. The van der Waals surface area contributed by atoms with Crippen molar-refractivity contribution in [1.29, 1.82) is 0 Å². The number of pyridine rings is 1. The number of hydrogen-bond donors (Lipinski definition) is 1. The van der Waals surface area contributed by atoms with E-state index in [1.165, 1.54) is 18.7 Å². The van der Waals surface area contributed by atoms with Gasteiger partial charge in [0, 0.05) is 18.8 Å². The van der Waals surface area contributed by atoms with E-state index in [1.807, 2.05) is 6.92 Å². The average Bonchev–Trinajstić information content (AvgIpc) is 2.49. The molecule has 20 heavy (non-hydrogen) atoms. The Morgan fingerprint density at radius 3 is 2.50 bits per heavy atom. The number of hydrogen-bond acceptors (Lipinski definition) is 4. The zero-order chi connectivity index (χ0) is 14.6. The van der Waals surface area contributed by atoms with Gasteiger partial charge in [0.2, 0.25) is 0 Å². The zero-order valence-corrected chi connectivity index (χ0v) is 12.6. The van der Waals surface area contributed by atoms with E-state index in [0.717, 1.165) is 25.7 Å². The van der Waals surface area contributed by atoms with E-state index in [-0.39, 0.29) is 17.7 Å². The van der Waals surface area contributed by atoms with Crippen molar-refractivity contribution in [3.8, 4) is 0 Å². The lowest BCUT2D eigenvalue weighted by Gasteiger charge is -2.32. The molecule has 0 amide bonds. The largest absolute Gasteiger partial charge is 0.392 e. The van der Waals surface area contributed by atoms with Crippen LogP contribution in [0.1, 0.15) is 44.6 Å². The van der Waals surface area contributed by atoms with E-state index in [9.17, 15) is 8.42 Å². The van der Waals surface area contributed by atoms with Gasteiger partial charge in [0.1, 0.15) is 0 Å². The van der Waals surface area contributed by atoms with E-state index in [1.54, 1.807) is 10.4 Å². The van der Waals surface area contributed by atoms with Crippen LogP contribution in [0.4, 0.5) is 0 Å². The highest BCUT2D eigenvalue weighted by Crippen LogP contribution is 2.26. The summed E-state index contributed by atoms with van der Waals surface area (Å²) in [7, 11) is -3.54. The molecular weight excluding hydrogens is 276 g/mol. The first kappa shape index (κ1) is 15.4. The Morgan fingerprint density at radius 1 is 1.30 bits per heavy atom. The van der Waals surface area contributed by atoms with Gasteiger partial charge in [-0.1, -0.05) is 32.3 Å². The molecule has 1 N–H and O–H groups in total. The molecule has 1 aliphatic rings. The molecule has 0 radical (unpaired) electrons. The molecule has 0 atom stereocenters. The lowest BCUT2D eigenvalue weighted by molar-refractivity contribution is 0.260. The summed E-state index contributed by atoms with van der Waals surface area (Å²) in [6.45, 7) is 2.21. The van der Waals surface area contributed by atoms with Crippen LogP contribution in [0.25, 0.3) is 0 Å². The van der Waals surface area contributed by atoms with Gasteiger partial charge in [-0.05, 0) is 24.5 Å². The van der Waals surface area contributed by atoms with Crippen LogP contribution >= 0.6 is 0 Å². The summed E-state index contributed by atoms with van der Waals surface area (Å²) in [4.78, 5) is 4.00. The van der Waals surface area contributed by atoms with Crippen LogP contribution in [-0.2, 0) is 16.6 Å². The molecular formula is C14H22N2O3S. The van der Waals surface area contributed by atoms with Gasteiger partial charge in [0.15, 0.2) is 5.03 Å². The van der Waals surface area contributed by atoms with Gasteiger partial charge in [-0.3, -0.25) is 0 Å². The third-order valence-corrected chi connectivity index (χ3v) is 5.79. The second kappa shape index (κ2) is 6.65. The van der Waals surface area contributed by atoms with Crippen molar-refractivity contribution in [3.63, 3.8) is 0 Å². The summed E-state index contributed by atoms with van der Waals surface area (Å²) in [5.74, 6) is 0. The Bertz CT molecular complexity index is 522. The van der Waals surface area contributed by atoms with Crippen LogP contribution in [-0.4, -0.2) is 35.4 Å². The molecule has 0 aromatic carbocycles. The monoisotopic (exact) mass is 298 g/mol. The average molecular weight is 298 g/mol. The summed E-state index contributed by atoms with van der Waals surface area (Å²) in [6.07, 6.45) is 6.66. The summed E-state index contributed by atoms with van der Waals surface area (Å²) >= 11 is 0. The smallest absolute Gasteiger partial charge is 0.260 e. The lowest BCUT2D eigenvalue weighted by atomic mass is 9.95. The van der Waals surface area contributed by atoms with Crippen LogP contribution in [0.3, 0.4) is 0 Å². The first-order valence-corrected chi connectivity index (χ1v) is 8.61. The Balaban J connectivity index is 2.25. The fraction of sp³-hybridized carbons (Fsp3) is 0.643. The number of nitrogens with zero attached hydrogens (tertiary/aromatic N) is 2. The van der Waals surface area contributed by atoms with Crippen LogP contribution in [0.15, 0.2) is 23.4 Å². The molecule has 6 heteroatoms. The van der Waals surface area contributed by atoms with Gasteiger partial charge < -0.3 is 5.11 Å². The van der Waals surface area contributed by atoms with Crippen LogP contribution in [0.5, 0.6) is 0 Å². The van der Waals surface area contributed by atoms with Crippen molar-refractivity contribution < 1.29 is 13.5 Å². The van der Waals surface area contributed by atoms with Crippen LogP contribution < -0.4 is 0 Å². The molecule has 1 aromatic rings. The molecule has 1 aliphatic carbocycles. The van der Waals surface area contributed by atoms with Gasteiger partial charge in [0.05, 0.1) is 6.61 Å². The Kier molecular flexibility index (Phi) is 5.12. The van der Waals surface area contributed by atoms with E-state index < -0.39 is 10.0 Å². The molecule has 1 fully saturated rings. The predicted octanol–water partition coefficient (Wildman–Crippen LogP) is 1.92. The van der Waals surface area contributed by atoms with Crippen molar-refractivity contribution in [2.24, 2.45) is 0 Å². The van der Waals surface area contributed by atoms with Crippen molar-refractivity contribution >= 4 is 10.0 Å². The fourth-order valence-corrected chi connectivity index (χ4v) is 4.38. The summed E-state index contributed by atoms with van der Waals surface area (Å²) in [5, 5.41) is 9.06. The lowest BCUT2D eigenvalue weighted by Crippen LogP contribution is -2.41. The summed E-state index contributed by atoms with van der Waals surface area (Å²) in [6, 6.07) is 3.18. The molecule has 0 spiro atoms. The number of sulfonamides is 1. The Labute approximate surface area is 120 Å². The Morgan fingerprint density at radius 2 is 2.00 bits per heavy atom. The van der Waals surface area contributed by atoms with Crippen molar-refractivity contribution in [1.82, 2.24) is 9.29 Å². The highest BCUT2D eigenvalue weighted by Gasteiger charge is 2.31. The standard InChI is InChI=1S/C14H22N2O3S/c1-2-16(13-6-4-3-5-7-13)20(18,19)14-9-8-12(11-17)10-15-14/h8-10,13,17H,2-7,11H2,1H3. The molecule has 1 saturated carbocycles. The SMILES string of the molecule is CCN(C1CCCCC1)S(=O)(=O)c1ccc(CO)cn1. The molecule has 5 nitrogen and oxygen atoms in total. The maximum atomic E-state index is 12.7. The first-order valence-electron chi connectivity index (χ1n) is 7.17. The molecule has 2 rings (SSSR count). The van der Waals surface area contributed by atoms with Gasteiger partial charge in [-0.25, -0.2) is 13.4 Å². The summed E-state index contributed by atoms with van der Waals surface area (Å²) in [5.41, 5.74) is 0.615. The highest BCUT2D eigenvalue weighted by atomic mass is 32.2. The second-order valence-corrected chi connectivity index (χ2v) is 7.00. The Hall–Kier alpha value is -0.980. The van der Waals surface area contributed by atoms with Gasteiger partial charge in [0.25, 0.3) is 10.0 Å². The van der Waals surface area contributed by atoms with Gasteiger partial charge in [-0.2, -0.15) is 4.31 Å². The van der Waals surface area contributed by atoms with Gasteiger partial charge >= 0.3 is 0 Å². The molecule has 0 unspecified atom stereocenters. The van der Waals surface area contributed by atoms with Crippen LogP contribution in [0, 0.1) is 0 Å². The molecule has 1 aromatic heterocycles. The fourth-order valence-electron chi connectivity index (χ4n) is 2.77. The predicted molar refractivity (Wildman–Crippen MR) is 76.6 cm³/mol. The minimum atomic E-state index is -3.54. The minimum absolute atomic E-state index is 0.0714. The molecule has 0 aliphatic heterocycles. The summed E-state index contributed by atoms with van der Waals surface area (Å²) < 4.78 is 26.9. The first-order chi connectivity index (χ1) is 9.59. The van der Waals surface area contributed by atoms with Crippen molar-refractivity contribution in [3.05, 3.63) is 23.9 Å². The van der Waals surface area contributed by atoms with Crippen LogP contribution in [0.2, 0.25) is 0 Å². The molecule has 0 saturated heterocycles. The number of aromatic nitrogens is 1. The van der Waals surface area contributed by atoms with Crippen molar-refractivity contribution in [2.75, 3.05) is 6.54 Å². The molecule has 0 bridgehead atoms. The molecule has 1 heterocycles. The quantitative estimate of drug-likeness (QED) is 0.901. The third kappa shape index (κ3) is 3.19. The van der Waals surface area contributed by atoms with E-state index in [2.05, 4.69) is 4.98 Å². The number of rotatable bonds is 5. The topological polar surface area (TPSA) is 70.5 Å². The number of aliphatic hydroxyl groups is 1. The van der Waals surface area contributed by atoms with Gasteiger partial charge in [-0.15, -0.1) is 0 Å². The minimum Gasteiger partial charge on any atom is -0.392 e. The zero-order valence-electron chi connectivity index (χ0n) is 11.8. The third-order valence-electron chi connectivity index (χ3n) is 3.85. The maximum Gasteiger partial charge on any atom is 0.260 e. The number of aliphatic hydroxyl groups excluding tert-OH is 1. The van der Waals surface area contributed by atoms with Crippen molar-refractivity contribution in [2.45, 2.75) is 56.7 Å². The molecule has 112 valence electrons. The van der Waals surface area contributed by atoms with E-state index >= 15 is 0 Å². The van der Waals surface area contributed by atoms with E-state index in [4.69, 9.17) is 5.11 Å². The second-order valence-electron chi connectivity index (χ2n) is 5.16. The van der Waals surface area contributed by atoms with E-state index in [0.29, 0.717) is 12.1 Å². The normalized spacial score (nSPS) is 17.6. The highest BCUT2D eigenvalue weighted by molar-refractivity contribution is 7.89.